The summed E-state index contributed by atoms with van der Waals surface area (Å²) in [6.07, 6.45) is -4.41. The van der Waals surface area contributed by atoms with Gasteiger partial charge in [-0.3, -0.25) is 0 Å². The van der Waals surface area contributed by atoms with Crippen molar-refractivity contribution in [3.63, 3.8) is 0 Å². The largest absolute Gasteiger partial charge is 0.396 e. The molecule has 0 atom stereocenters. The van der Waals surface area contributed by atoms with Crippen LogP contribution in [0.25, 0.3) is 0 Å². The van der Waals surface area contributed by atoms with E-state index >= 15 is 0 Å². The predicted octanol–water partition coefficient (Wildman–Crippen LogP) is 1.73. The monoisotopic (exact) mass is 186 g/mol. The van der Waals surface area contributed by atoms with Gasteiger partial charge in [0.2, 0.25) is 0 Å². The van der Waals surface area contributed by atoms with Crippen molar-refractivity contribution >= 4 is 0 Å². The Balaban J connectivity index is 3.01. The average Bonchev–Trinajstić information content (AvgIpc) is 1.94. The minimum absolute atomic E-state index is 0.00503. The van der Waals surface area contributed by atoms with Crippen molar-refractivity contribution in [3.05, 3.63) is 0 Å². The maximum atomic E-state index is 11.5. The van der Waals surface area contributed by atoms with Crippen LogP contribution in [-0.2, 0) is 4.74 Å². The van der Waals surface area contributed by atoms with Crippen molar-refractivity contribution in [1.29, 1.82) is 0 Å². The highest BCUT2D eigenvalue weighted by atomic mass is 19.4. The molecule has 0 saturated carbocycles. The van der Waals surface area contributed by atoms with Crippen LogP contribution in [0.15, 0.2) is 0 Å². The van der Waals surface area contributed by atoms with E-state index in [0.717, 1.165) is 0 Å². The van der Waals surface area contributed by atoms with E-state index in [9.17, 15) is 13.2 Å². The molecule has 0 aromatic carbocycles. The van der Waals surface area contributed by atoms with Gasteiger partial charge in [-0.05, 0) is 12.8 Å². The van der Waals surface area contributed by atoms with Crippen LogP contribution in [0.4, 0.5) is 13.2 Å². The van der Waals surface area contributed by atoms with Gasteiger partial charge in [-0.1, -0.05) is 0 Å². The van der Waals surface area contributed by atoms with Crippen LogP contribution in [-0.4, -0.2) is 31.1 Å². The zero-order valence-electron chi connectivity index (χ0n) is 6.73. The molecule has 12 heavy (non-hydrogen) atoms. The van der Waals surface area contributed by atoms with Crippen LogP contribution in [0, 0.1) is 0 Å². The summed E-state index contributed by atoms with van der Waals surface area (Å²) in [6.45, 7) is 0.452. The van der Waals surface area contributed by atoms with E-state index in [4.69, 9.17) is 9.84 Å². The highest BCUT2D eigenvalue weighted by Gasteiger charge is 2.25. The fourth-order valence-electron chi connectivity index (χ4n) is 0.643. The molecule has 0 saturated heterocycles. The van der Waals surface area contributed by atoms with Gasteiger partial charge in [-0.2, -0.15) is 13.2 Å². The van der Waals surface area contributed by atoms with Gasteiger partial charge in [0.25, 0.3) is 0 Å². The summed E-state index contributed by atoms with van der Waals surface area (Å²) in [5.74, 6) is 0. The Morgan fingerprint density at radius 2 is 1.67 bits per heavy atom. The summed E-state index contributed by atoms with van der Waals surface area (Å²) < 4.78 is 39.4. The van der Waals surface area contributed by atoms with E-state index < -0.39 is 12.6 Å². The number of rotatable bonds is 6. The van der Waals surface area contributed by atoms with Crippen LogP contribution in [0.5, 0.6) is 0 Å². The number of aliphatic hydroxyl groups excluding tert-OH is 1. The van der Waals surface area contributed by atoms with Gasteiger partial charge in [-0.25, -0.2) is 0 Å². The lowest BCUT2D eigenvalue weighted by Crippen LogP contribution is -2.09. The van der Waals surface area contributed by atoms with Crippen molar-refractivity contribution in [2.75, 3.05) is 19.8 Å². The highest BCUT2D eigenvalue weighted by Crippen LogP contribution is 2.20. The number of ether oxygens (including phenoxy) is 1. The molecule has 74 valence electrons. The standard InChI is InChI=1S/C7H13F3O2/c8-7(9,10)3-1-5-12-6-2-4-11/h11H,1-6H2. The Morgan fingerprint density at radius 1 is 1.08 bits per heavy atom. The Hall–Kier alpha value is -0.290. The summed E-state index contributed by atoms with van der Waals surface area (Å²) in [4.78, 5) is 0. The molecule has 0 spiro atoms. The second-order valence-electron chi connectivity index (χ2n) is 2.41. The lowest BCUT2D eigenvalue weighted by molar-refractivity contribution is -0.137. The molecular weight excluding hydrogens is 173 g/mol. The molecule has 1 N–H and O–H groups in total. The quantitative estimate of drug-likeness (QED) is 0.640. The summed E-state index contributed by atoms with van der Waals surface area (Å²) >= 11 is 0. The molecule has 2 nitrogen and oxygen atoms in total. The molecular formula is C7H13F3O2. The third-order valence-corrected chi connectivity index (χ3v) is 1.20. The third-order valence-electron chi connectivity index (χ3n) is 1.20. The van der Waals surface area contributed by atoms with Crippen LogP contribution >= 0.6 is 0 Å². The van der Waals surface area contributed by atoms with Gasteiger partial charge in [0.05, 0.1) is 0 Å². The minimum atomic E-state index is -4.08. The van der Waals surface area contributed by atoms with E-state index in [2.05, 4.69) is 0 Å². The second kappa shape index (κ2) is 6.25. The summed E-state index contributed by atoms with van der Waals surface area (Å²) in [6, 6.07) is 0. The van der Waals surface area contributed by atoms with Gasteiger partial charge >= 0.3 is 6.18 Å². The molecule has 0 aromatic heterocycles. The third kappa shape index (κ3) is 9.71. The lowest BCUT2D eigenvalue weighted by atomic mass is 10.3. The lowest BCUT2D eigenvalue weighted by Gasteiger charge is -2.05. The molecule has 0 aliphatic carbocycles. The Kier molecular flexibility index (Phi) is 6.10. The van der Waals surface area contributed by atoms with Crippen molar-refractivity contribution < 1.29 is 23.0 Å². The van der Waals surface area contributed by atoms with Crippen LogP contribution in [0.1, 0.15) is 19.3 Å². The normalized spacial score (nSPS) is 12.0. The summed E-state index contributed by atoms with van der Waals surface area (Å²) in [5.41, 5.74) is 0. The number of aliphatic hydroxyl groups is 1. The van der Waals surface area contributed by atoms with E-state index in [-0.39, 0.29) is 19.6 Å². The molecule has 0 aromatic rings. The van der Waals surface area contributed by atoms with Gasteiger partial charge in [0.15, 0.2) is 0 Å². The van der Waals surface area contributed by atoms with E-state index in [1.54, 1.807) is 0 Å². The highest BCUT2D eigenvalue weighted by molar-refractivity contribution is 4.49. The average molecular weight is 186 g/mol. The maximum Gasteiger partial charge on any atom is 0.389 e. The minimum Gasteiger partial charge on any atom is -0.396 e. The summed E-state index contributed by atoms with van der Waals surface area (Å²) in [5, 5.41) is 8.29. The zero-order valence-corrected chi connectivity index (χ0v) is 6.73. The maximum absolute atomic E-state index is 11.5. The van der Waals surface area contributed by atoms with Crippen molar-refractivity contribution in [2.45, 2.75) is 25.4 Å². The molecule has 0 rings (SSSR count). The topological polar surface area (TPSA) is 29.5 Å². The first-order valence-corrected chi connectivity index (χ1v) is 3.81. The van der Waals surface area contributed by atoms with Gasteiger partial charge in [0.1, 0.15) is 0 Å². The van der Waals surface area contributed by atoms with E-state index in [1.807, 2.05) is 0 Å². The van der Waals surface area contributed by atoms with Crippen molar-refractivity contribution in [2.24, 2.45) is 0 Å². The number of hydrogen-bond acceptors (Lipinski definition) is 2. The van der Waals surface area contributed by atoms with Crippen LogP contribution < -0.4 is 0 Å². The number of halogens is 3. The molecule has 0 unspecified atom stereocenters. The van der Waals surface area contributed by atoms with Crippen molar-refractivity contribution in [1.82, 2.24) is 0 Å². The predicted molar refractivity (Wildman–Crippen MR) is 37.8 cm³/mol. The first-order chi connectivity index (χ1) is 5.56. The first kappa shape index (κ1) is 11.7. The molecule has 0 aliphatic rings. The molecule has 0 aliphatic heterocycles. The van der Waals surface area contributed by atoms with Gasteiger partial charge in [0, 0.05) is 26.2 Å². The van der Waals surface area contributed by atoms with Crippen LogP contribution in [0.3, 0.4) is 0 Å². The van der Waals surface area contributed by atoms with E-state index in [1.165, 1.54) is 0 Å². The molecule has 0 heterocycles. The second-order valence-corrected chi connectivity index (χ2v) is 2.41. The molecule has 0 bridgehead atoms. The fraction of sp³-hybridized carbons (Fsp3) is 1.00. The number of hydrogen-bond donors (Lipinski definition) is 1. The Bertz CT molecular complexity index is 103. The fourth-order valence-corrected chi connectivity index (χ4v) is 0.643. The van der Waals surface area contributed by atoms with Gasteiger partial charge < -0.3 is 9.84 Å². The number of alkyl halides is 3. The smallest absolute Gasteiger partial charge is 0.389 e. The molecule has 5 heteroatoms. The SMILES string of the molecule is OCCCOCCCC(F)(F)F. The Labute approximate surface area is 69.3 Å². The van der Waals surface area contributed by atoms with Crippen molar-refractivity contribution in [3.8, 4) is 0 Å². The first-order valence-electron chi connectivity index (χ1n) is 3.81. The van der Waals surface area contributed by atoms with Gasteiger partial charge in [-0.15, -0.1) is 0 Å². The molecule has 0 radical (unpaired) electrons. The zero-order chi connectivity index (χ0) is 9.45. The molecule has 0 amide bonds. The van der Waals surface area contributed by atoms with E-state index in [0.29, 0.717) is 13.0 Å². The Morgan fingerprint density at radius 3 is 2.17 bits per heavy atom. The molecule has 0 fully saturated rings. The van der Waals surface area contributed by atoms with Crippen LogP contribution in [0.2, 0.25) is 0 Å². The summed E-state index contributed by atoms with van der Waals surface area (Å²) in [7, 11) is 0.